The number of fused-ring (bicyclic) bond motifs is 2. The zero-order chi connectivity index (χ0) is 15.2. The highest BCUT2D eigenvalue weighted by Gasteiger charge is 2.03. The molecular weight excluding hydrogens is 264 g/mol. The minimum atomic E-state index is 1.20. The van der Waals surface area contributed by atoms with Crippen molar-refractivity contribution in [1.29, 1.82) is 0 Å². The first kappa shape index (κ1) is 15.1. The van der Waals surface area contributed by atoms with Gasteiger partial charge in [0.05, 0.1) is 0 Å². The molecule has 3 aromatic carbocycles. The summed E-state index contributed by atoms with van der Waals surface area (Å²) in [6, 6.07) is 20.8. The van der Waals surface area contributed by atoms with Crippen LogP contribution in [0, 0.1) is 6.07 Å². The van der Waals surface area contributed by atoms with Crippen LogP contribution in [0.1, 0.15) is 51.0 Å². The molecule has 0 nitrogen and oxygen atoms in total. The Bertz CT molecular complexity index is 739. The van der Waals surface area contributed by atoms with E-state index in [-0.39, 0.29) is 0 Å². The van der Waals surface area contributed by atoms with E-state index in [1.165, 1.54) is 72.1 Å². The van der Waals surface area contributed by atoms with Gasteiger partial charge in [-0.3, -0.25) is 0 Å². The molecule has 0 saturated carbocycles. The molecule has 0 aliphatic heterocycles. The molecular formula is C22H25. The molecule has 0 fully saturated rings. The second kappa shape index (κ2) is 7.45. The Morgan fingerprint density at radius 2 is 1.68 bits per heavy atom. The number of benzene rings is 3. The van der Waals surface area contributed by atoms with Crippen molar-refractivity contribution in [2.45, 2.75) is 51.9 Å². The predicted octanol–water partition coefficient (Wildman–Crippen LogP) is 6.70. The normalized spacial score (nSPS) is 11.3. The summed E-state index contributed by atoms with van der Waals surface area (Å²) < 4.78 is 0. The molecule has 0 saturated heterocycles. The van der Waals surface area contributed by atoms with Gasteiger partial charge in [0.15, 0.2) is 0 Å². The van der Waals surface area contributed by atoms with Crippen LogP contribution in [-0.4, -0.2) is 0 Å². The highest BCUT2D eigenvalue weighted by molar-refractivity contribution is 5.99. The van der Waals surface area contributed by atoms with Crippen LogP contribution >= 0.6 is 0 Å². The van der Waals surface area contributed by atoms with E-state index in [1.807, 2.05) is 6.07 Å². The summed E-state index contributed by atoms with van der Waals surface area (Å²) in [6.07, 6.45) is 9.37. The fraction of sp³-hybridized carbons (Fsp3) is 0.364. The van der Waals surface area contributed by atoms with Gasteiger partial charge in [0, 0.05) is 0 Å². The third kappa shape index (κ3) is 3.50. The molecule has 0 aromatic heterocycles. The van der Waals surface area contributed by atoms with Gasteiger partial charge in [0.2, 0.25) is 0 Å². The summed E-state index contributed by atoms with van der Waals surface area (Å²) in [5, 5.41) is 5.39. The Labute approximate surface area is 134 Å². The van der Waals surface area contributed by atoms with E-state index in [4.69, 9.17) is 0 Å². The minimum absolute atomic E-state index is 1.20. The third-order valence-corrected chi connectivity index (χ3v) is 4.57. The zero-order valence-corrected chi connectivity index (χ0v) is 13.6. The number of hydrogen-bond donors (Lipinski definition) is 0. The van der Waals surface area contributed by atoms with Crippen molar-refractivity contribution >= 4 is 21.5 Å². The maximum absolute atomic E-state index is 3.17. The molecule has 0 atom stereocenters. The standard InChI is InChI=1S/C22H25/c1-2-3-4-5-6-7-11-18-14-10-15-21-16-19-12-8-9-13-20(19)17-22(18)21/h9-10,12-17H,2-7,11H2,1H3. The molecule has 1 radical (unpaired) electrons. The third-order valence-electron chi connectivity index (χ3n) is 4.57. The lowest BCUT2D eigenvalue weighted by Crippen LogP contribution is -1.89. The van der Waals surface area contributed by atoms with Crippen molar-refractivity contribution in [2.24, 2.45) is 0 Å². The monoisotopic (exact) mass is 289 g/mol. The van der Waals surface area contributed by atoms with Gasteiger partial charge in [0.1, 0.15) is 0 Å². The second-order valence-electron chi connectivity index (χ2n) is 6.28. The van der Waals surface area contributed by atoms with Gasteiger partial charge in [-0.25, -0.2) is 0 Å². The average molecular weight is 289 g/mol. The Morgan fingerprint density at radius 3 is 2.59 bits per heavy atom. The van der Waals surface area contributed by atoms with E-state index in [1.54, 1.807) is 0 Å². The van der Waals surface area contributed by atoms with E-state index in [2.05, 4.69) is 55.5 Å². The highest BCUT2D eigenvalue weighted by Crippen LogP contribution is 2.26. The first-order valence-corrected chi connectivity index (χ1v) is 8.70. The van der Waals surface area contributed by atoms with Gasteiger partial charge in [0.25, 0.3) is 0 Å². The van der Waals surface area contributed by atoms with Crippen LogP contribution in [0.2, 0.25) is 0 Å². The number of unbranched alkanes of at least 4 members (excludes halogenated alkanes) is 5. The summed E-state index contributed by atoms with van der Waals surface area (Å²) in [4.78, 5) is 0. The summed E-state index contributed by atoms with van der Waals surface area (Å²) in [6.45, 7) is 2.28. The molecule has 0 unspecified atom stereocenters. The molecule has 3 rings (SSSR count). The predicted molar refractivity (Wildman–Crippen MR) is 97.4 cm³/mol. The lowest BCUT2D eigenvalue weighted by molar-refractivity contribution is 0.608. The van der Waals surface area contributed by atoms with Crippen molar-refractivity contribution in [2.75, 3.05) is 0 Å². The molecule has 0 aliphatic rings. The minimum Gasteiger partial charge on any atom is -0.0654 e. The van der Waals surface area contributed by atoms with E-state index in [9.17, 15) is 0 Å². The Kier molecular flexibility index (Phi) is 5.11. The van der Waals surface area contributed by atoms with Crippen molar-refractivity contribution in [3.8, 4) is 0 Å². The molecule has 113 valence electrons. The lowest BCUT2D eigenvalue weighted by Gasteiger charge is -2.08. The average Bonchev–Trinajstić information content (AvgIpc) is 2.56. The quantitative estimate of drug-likeness (QED) is 0.335. The molecule has 0 amide bonds. The summed E-state index contributed by atoms with van der Waals surface area (Å²) in [7, 11) is 0. The number of hydrogen-bond acceptors (Lipinski definition) is 0. The van der Waals surface area contributed by atoms with E-state index >= 15 is 0 Å². The smallest absolute Gasteiger partial charge is 0.0146 e. The van der Waals surface area contributed by atoms with Crippen molar-refractivity contribution < 1.29 is 0 Å². The summed E-state index contributed by atoms with van der Waals surface area (Å²) >= 11 is 0. The fourth-order valence-electron chi connectivity index (χ4n) is 3.28. The molecule has 0 heterocycles. The summed E-state index contributed by atoms with van der Waals surface area (Å²) in [5.74, 6) is 0. The Morgan fingerprint density at radius 1 is 0.818 bits per heavy atom. The summed E-state index contributed by atoms with van der Waals surface area (Å²) in [5.41, 5.74) is 1.50. The molecule has 0 N–H and O–H groups in total. The van der Waals surface area contributed by atoms with Crippen molar-refractivity contribution in [3.63, 3.8) is 0 Å². The van der Waals surface area contributed by atoms with Crippen molar-refractivity contribution in [3.05, 3.63) is 60.2 Å². The Hall–Kier alpha value is -1.82. The van der Waals surface area contributed by atoms with Crippen molar-refractivity contribution in [1.82, 2.24) is 0 Å². The molecule has 0 bridgehead atoms. The Balaban J connectivity index is 1.76. The molecule has 0 aliphatic carbocycles. The number of aryl methyl sites for hydroxylation is 1. The largest absolute Gasteiger partial charge is 0.0654 e. The van der Waals surface area contributed by atoms with Crippen LogP contribution in [0.15, 0.2) is 48.5 Å². The maximum Gasteiger partial charge on any atom is -0.0146 e. The van der Waals surface area contributed by atoms with Crippen LogP contribution in [-0.2, 0) is 6.42 Å². The highest BCUT2D eigenvalue weighted by atomic mass is 14.1. The van der Waals surface area contributed by atoms with Gasteiger partial charge in [-0.15, -0.1) is 0 Å². The van der Waals surface area contributed by atoms with Crippen LogP contribution in [0.25, 0.3) is 21.5 Å². The second-order valence-corrected chi connectivity index (χ2v) is 6.28. The van der Waals surface area contributed by atoms with E-state index in [0.29, 0.717) is 0 Å². The van der Waals surface area contributed by atoms with Crippen LogP contribution in [0.5, 0.6) is 0 Å². The molecule has 22 heavy (non-hydrogen) atoms. The lowest BCUT2D eigenvalue weighted by atomic mass is 9.96. The van der Waals surface area contributed by atoms with Gasteiger partial charge in [-0.05, 0) is 64.2 Å². The molecule has 0 spiro atoms. The zero-order valence-electron chi connectivity index (χ0n) is 13.6. The first-order valence-electron chi connectivity index (χ1n) is 8.70. The van der Waals surface area contributed by atoms with Gasteiger partial charge >= 0.3 is 0 Å². The van der Waals surface area contributed by atoms with E-state index in [0.717, 1.165) is 0 Å². The maximum atomic E-state index is 3.17. The molecule has 3 aromatic rings. The SMILES string of the molecule is CCCCCCCCc1cccc2cc3c[c]ccc3cc12. The van der Waals surface area contributed by atoms with Gasteiger partial charge in [-0.2, -0.15) is 0 Å². The first-order chi connectivity index (χ1) is 10.9. The fourth-order valence-corrected chi connectivity index (χ4v) is 3.28. The van der Waals surface area contributed by atoms with E-state index < -0.39 is 0 Å². The topological polar surface area (TPSA) is 0 Å². The van der Waals surface area contributed by atoms with Gasteiger partial charge in [-0.1, -0.05) is 69.4 Å². The van der Waals surface area contributed by atoms with Crippen LogP contribution in [0.3, 0.4) is 0 Å². The van der Waals surface area contributed by atoms with Crippen LogP contribution < -0.4 is 0 Å². The number of rotatable bonds is 7. The molecule has 0 heteroatoms. The van der Waals surface area contributed by atoms with Gasteiger partial charge < -0.3 is 0 Å². The van der Waals surface area contributed by atoms with Crippen LogP contribution in [0.4, 0.5) is 0 Å².